The van der Waals surface area contributed by atoms with Crippen LogP contribution in [0.4, 0.5) is 23.2 Å². The smallest absolute Gasteiger partial charge is 0.385 e. The Morgan fingerprint density at radius 1 is 1.16 bits per heavy atom. The molecule has 3 N–H and O–H groups in total. The van der Waals surface area contributed by atoms with Crippen LogP contribution in [0.5, 0.6) is 0 Å². The van der Waals surface area contributed by atoms with E-state index in [-0.39, 0.29) is 5.56 Å². The topological polar surface area (TPSA) is 36.1 Å². The van der Waals surface area contributed by atoms with Crippen molar-refractivity contribution < 1.29 is 17.6 Å². The Balaban J connectivity index is 1.90. The highest BCUT2D eigenvalue weighted by Gasteiger charge is 2.35. The number of hydrogen-bond acceptors (Lipinski definition) is 3. The van der Waals surface area contributed by atoms with Crippen molar-refractivity contribution in [2.24, 2.45) is 0 Å². The highest BCUT2D eigenvalue weighted by atomic mass is 19.4. The summed E-state index contributed by atoms with van der Waals surface area (Å²) in [6.45, 7) is 8.53. The van der Waals surface area contributed by atoms with Crippen LogP contribution in [0, 0.1) is 5.82 Å². The van der Waals surface area contributed by atoms with Gasteiger partial charge in [-0.1, -0.05) is 31.7 Å². The number of benzene rings is 2. The predicted molar refractivity (Wildman–Crippen MR) is 117 cm³/mol. The van der Waals surface area contributed by atoms with Gasteiger partial charge in [0, 0.05) is 34.9 Å². The average molecular weight is 431 g/mol. The molecular weight excluding hydrogens is 406 g/mol. The van der Waals surface area contributed by atoms with Crippen LogP contribution in [0.15, 0.2) is 72.6 Å². The Labute approximate surface area is 179 Å². The second-order valence-electron chi connectivity index (χ2n) is 7.38. The van der Waals surface area contributed by atoms with Crippen molar-refractivity contribution >= 4 is 11.4 Å². The first-order chi connectivity index (χ1) is 14.7. The van der Waals surface area contributed by atoms with Gasteiger partial charge in [-0.2, -0.15) is 13.2 Å². The number of anilines is 1. The van der Waals surface area contributed by atoms with Crippen molar-refractivity contribution in [2.45, 2.75) is 32.5 Å². The molecular formula is C24H25F4N3. The maximum absolute atomic E-state index is 13.9. The van der Waals surface area contributed by atoms with Crippen LogP contribution in [-0.2, 0) is 6.18 Å². The zero-order valence-corrected chi connectivity index (χ0v) is 17.4. The lowest BCUT2D eigenvalue weighted by molar-refractivity contribution is -0.138. The summed E-state index contributed by atoms with van der Waals surface area (Å²) < 4.78 is 54.3. The highest BCUT2D eigenvalue weighted by Crippen LogP contribution is 2.36. The molecule has 0 saturated heterocycles. The van der Waals surface area contributed by atoms with Crippen molar-refractivity contribution in [3.05, 3.63) is 95.1 Å². The van der Waals surface area contributed by atoms with Gasteiger partial charge < -0.3 is 16.0 Å². The van der Waals surface area contributed by atoms with E-state index in [9.17, 15) is 17.6 Å². The molecule has 0 aliphatic carbocycles. The van der Waals surface area contributed by atoms with E-state index in [4.69, 9.17) is 0 Å². The van der Waals surface area contributed by atoms with E-state index < -0.39 is 23.6 Å². The Morgan fingerprint density at radius 3 is 2.61 bits per heavy atom. The molecule has 3 nitrogen and oxygen atoms in total. The fraction of sp³-hybridized carbons (Fsp3) is 0.250. The number of dihydropyridines is 1. The number of nitrogens with one attached hydrogen (secondary N) is 3. The normalized spacial score (nSPS) is 16.1. The Hall–Kier alpha value is -3.22. The van der Waals surface area contributed by atoms with E-state index in [1.165, 1.54) is 24.3 Å². The second-order valence-corrected chi connectivity index (χ2v) is 7.38. The van der Waals surface area contributed by atoms with Crippen LogP contribution < -0.4 is 16.0 Å². The van der Waals surface area contributed by atoms with E-state index in [0.717, 1.165) is 18.2 Å². The minimum Gasteiger partial charge on any atom is -0.385 e. The van der Waals surface area contributed by atoms with Crippen LogP contribution in [0.25, 0.3) is 5.70 Å². The molecule has 164 valence electrons. The minimum absolute atomic E-state index is 0.128. The third-order valence-electron chi connectivity index (χ3n) is 4.87. The van der Waals surface area contributed by atoms with E-state index >= 15 is 0 Å². The zero-order valence-electron chi connectivity index (χ0n) is 17.4. The summed E-state index contributed by atoms with van der Waals surface area (Å²) in [6, 6.07) is 9.20. The van der Waals surface area contributed by atoms with Crippen LogP contribution in [0.3, 0.4) is 0 Å². The van der Waals surface area contributed by atoms with Crippen LogP contribution in [0.1, 0.15) is 43.0 Å². The summed E-state index contributed by atoms with van der Waals surface area (Å²) >= 11 is 0. The van der Waals surface area contributed by atoms with Gasteiger partial charge in [-0.05, 0) is 55.3 Å². The molecule has 0 saturated carbocycles. The van der Waals surface area contributed by atoms with Crippen molar-refractivity contribution in [2.75, 3.05) is 11.9 Å². The molecule has 3 rings (SSSR count). The molecule has 1 aliphatic heterocycles. The molecule has 0 radical (unpaired) electrons. The molecule has 1 unspecified atom stereocenters. The van der Waals surface area contributed by atoms with Gasteiger partial charge in [-0.25, -0.2) is 4.39 Å². The van der Waals surface area contributed by atoms with Crippen LogP contribution >= 0.6 is 0 Å². The van der Waals surface area contributed by atoms with Gasteiger partial charge in [0.1, 0.15) is 5.82 Å². The number of halogens is 4. The first-order valence-corrected chi connectivity index (χ1v) is 10.0. The highest BCUT2D eigenvalue weighted by molar-refractivity contribution is 5.75. The van der Waals surface area contributed by atoms with Gasteiger partial charge in [0.15, 0.2) is 0 Å². The Morgan fingerprint density at radius 2 is 1.90 bits per heavy atom. The van der Waals surface area contributed by atoms with Gasteiger partial charge in [-0.3, -0.25) is 0 Å². The van der Waals surface area contributed by atoms with Crippen LogP contribution in [0.2, 0.25) is 0 Å². The van der Waals surface area contributed by atoms with E-state index in [0.29, 0.717) is 29.2 Å². The molecule has 1 heterocycles. The molecule has 0 spiro atoms. The molecule has 31 heavy (non-hydrogen) atoms. The van der Waals surface area contributed by atoms with E-state index in [1.807, 2.05) is 6.92 Å². The number of allylic oxidation sites excluding steroid dienone is 2. The maximum Gasteiger partial charge on any atom is 0.416 e. The Bertz CT molecular complexity index is 1020. The second kappa shape index (κ2) is 9.29. The van der Waals surface area contributed by atoms with Crippen molar-refractivity contribution in [3.63, 3.8) is 0 Å². The summed E-state index contributed by atoms with van der Waals surface area (Å²) in [5.74, 6) is -0.400. The van der Waals surface area contributed by atoms with E-state index in [2.05, 4.69) is 22.5 Å². The number of hydrogen-bond donors (Lipinski definition) is 3. The first-order valence-electron chi connectivity index (χ1n) is 10.0. The van der Waals surface area contributed by atoms with Gasteiger partial charge in [0.05, 0.1) is 11.6 Å². The maximum atomic E-state index is 13.9. The van der Waals surface area contributed by atoms with Gasteiger partial charge in [-0.15, -0.1) is 0 Å². The third kappa shape index (κ3) is 5.48. The summed E-state index contributed by atoms with van der Waals surface area (Å²) in [6.07, 6.45) is -0.118. The molecule has 1 atom stereocenters. The molecule has 0 amide bonds. The minimum atomic E-state index is -4.46. The number of alkyl halides is 3. The lowest BCUT2D eigenvalue weighted by Crippen LogP contribution is -2.26. The van der Waals surface area contributed by atoms with E-state index in [1.54, 1.807) is 31.2 Å². The third-order valence-corrected chi connectivity index (χ3v) is 4.87. The summed E-state index contributed by atoms with van der Waals surface area (Å²) in [5.41, 5.74) is 2.45. The average Bonchev–Trinajstić information content (AvgIpc) is 2.71. The monoisotopic (exact) mass is 431 g/mol. The summed E-state index contributed by atoms with van der Waals surface area (Å²) in [7, 11) is 0. The molecule has 1 aliphatic rings. The lowest BCUT2D eigenvalue weighted by atomic mass is 9.96. The standard InChI is InChI=1S/C24H25F4N3/c1-4-11-29-22-10-9-17(25)13-20(22)16(3)31-18-12-15(2)30-23(14-18)19-7-5-6-8-21(19)24(26,27)28/h5-10,12-14,23,29-31H,3-4,11H2,1-2H3. The number of rotatable bonds is 7. The fourth-order valence-electron chi connectivity index (χ4n) is 3.48. The van der Waals surface area contributed by atoms with Crippen molar-refractivity contribution in [1.82, 2.24) is 10.6 Å². The SMILES string of the molecule is C=C(NC1=CC(c2ccccc2C(F)(F)F)NC(C)=C1)c1cc(F)ccc1NCCC. The van der Waals surface area contributed by atoms with Crippen molar-refractivity contribution in [3.8, 4) is 0 Å². The first kappa shape index (κ1) is 22.5. The zero-order chi connectivity index (χ0) is 22.6. The molecule has 0 fully saturated rings. The Kier molecular flexibility index (Phi) is 6.73. The predicted octanol–water partition coefficient (Wildman–Crippen LogP) is 6.36. The van der Waals surface area contributed by atoms with Crippen molar-refractivity contribution in [1.29, 1.82) is 0 Å². The fourth-order valence-corrected chi connectivity index (χ4v) is 3.48. The molecule has 2 aromatic carbocycles. The molecule has 0 bridgehead atoms. The summed E-state index contributed by atoms with van der Waals surface area (Å²) in [5, 5.41) is 9.45. The lowest BCUT2D eigenvalue weighted by Gasteiger charge is -2.27. The van der Waals surface area contributed by atoms with Gasteiger partial charge in [0.2, 0.25) is 0 Å². The quantitative estimate of drug-likeness (QED) is 0.447. The molecule has 7 heteroatoms. The van der Waals surface area contributed by atoms with Gasteiger partial charge >= 0.3 is 6.18 Å². The van der Waals surface area contributed by atoms with Gasteiger partial charge in [0.25, 0.3) is 0 Å². The largest absolute Gasteiger partial charge is 0.416 e. The molecule has 0 aromatic heterocycles. The summed E-state index contributed by atoms with van der Waals surface area (Å²) in [4.78, 5) is 0. The van der Waals surface area contributed by atoms with Crippen LogP contribution in [-0.4, -0.2) is 6.54 Å². The molecule has 2 aromatic rings.